The van der Waals surface area contributed by atoms with Crippen molar-refractivity contribution in [3.05, 3.63) is 11.7 Å². The third-order valence-corrected chi connectivity index (χ3v) is 3.39. The molecule has 3 rings (SSSR count). The van der Waals surface area contributed by atoms with Crippen molar-refractivity contribution >= 4 is 36.2 Å². The molecule has 124 valence electrons. The van der Waals surface area contributed by atoms with Crippen LogP contribution in [0, 0.1) is 5.92 Å². The minimum absolute atomic E-state index is 0. The van der Waals surface area contributed by atoms with E-state index in [0.29, 0.717) is 0 Å². The van der Waals surface area contributed by atoms with E-state index in [1.54, 1.807) is 0 Å². The molecule has 10 nitrogen and oxygen atoms in total. The minimum Gasteiger partial charge on any atom is -0.481 e. The van der Waals surface area contributed by atoms with Gasteiger partial charge in [0.15, 0.2) is 5.82 Å². The molecule has 1 aromatic heterocycles. The molecule has 2 fully saturated rings. The third kappa shape index (κ3) is 3.47. The van der Waals surface area contributed by atoms with Gasteiger partial charge in [-0.3, -0.25) is 19.3 Å². The Kier molecular flexibility index (Phi) is 4.64. The van der Waals surface area contributed by atoms with E-state index in [-0.39, 0.29) is 43.1 Å². The van der Waals surface area contributed by atoms with Gasteiger partial charge < -0.3 is 9.63 Å². The average molecular weight is 345 g/mol. The summed E-state index contributed by atoms with van der Waals surface area (Å²) in [6.07, 6.45) is 1.44. The van der Waals surface area contributed by atoms with E-state index in [2.05, 4.69) is 10.1 Å². The van der Waals surface area contributed by atoms with Crippen LogP contribution < -0.4 is 0 Å². The Morgan fingerprint density at radius 1 is 1.22 bits per heavy atom. The number of carbonyl (C=O) groups excluding carboxylic acids is 3. The summed E-state index contributed by atoms with van der Waals surface area (Å²) in [6, 6.07) is -0.708. The lowest BCUT2D eigenvalue weighted by atomic mass is 10.4. The number of amides is 4. The summed E-state index contributed by atoms with van der Waals surface area (Å²) >= 11 is 0. The average Bonchev–Trinajstić information content (AvgIpc) is 3.14. The van der Waals surface area contributed by atoms with Crippen molar-refractivity contribution in [3.8, 4) is 0 Å². The van der Waals surface area contributed by atoms with Gasteiger partial charge in [0.2, 0.25) is 5.89 Å². The van der Waals surface area contributed by atoms with Crippen molar-refractivity contribution in [1.82, 2.24) is 19.9 Å². The van der Waals surface area contributed by atoms with Gasteiger partial charge in [-0.05, 0) is 18.8 Å². The fourth-order valence-corrected chi connectivity index (χ4v) is 2.11. The highest BCUT2D eigenvalue weighted by Crippen LogP contribution is 2.31. The molecule has 4 amide bonds. The molecule has 1 saturated heterocycles. The van der Waals surface area contributed by atoms with Crippen molar-refractivity contribution < 1.29 is 28.8 Å². The SMILES string of the molecule is Cl.O=C(O)Cc1noc(CN2C(=O)C(=O)N(CC3CC3)C2=O)n1. The highest BCUT2D eigenvalue weighted by molar-refractivity contribution is 6.44. The molecule has 2 heterocycles. The van der Waals surface area contributed by atoms with Gasteiger partial charge in [-0.2, -0.15) is 4.98 Å². The molecule has 0 aromatic carbocycles. The summed E-state index contributed by atoms with van der Waals surface area (Å²) in [6.45, 7) is -0.106. The molecule has 1 aliphatic heterocycles. The Hall–Kier alpha value is -2.49. The lowest BCUT2D eigenvalue weighted by Crippen LogP contribution is -2.34. The molecule has 1 aromatic rings. The molecule has 1 N–H and O–H groups in total. The third-order valence-electron chi connectivity index (χ3n) is 3.39. The van der Waals surface area contributed by atoms with Crippen LogP contribution in [0.5, 0.6) is 0 Å². The number of rotatable bonds is 6. The first-order chi connectivity index (χ1) is 10.5. The Bertz CT molecular complexity index is 670. The minimum atomic E-state index is -1.13. The number of urea groups is 1. The fraction of sp³-hybridized carbons (Fsp3) is 0.500. The van der Waals surface area contributed by atoms with Crippen LogP contribution in [0.1, 0.15) is 24.6 Å². The second kappa shape index (κ2) is 6.32. The Labute approximate surface area is 135 Å². The van der Waals surface area contributed by atoms with E-state index in [1.165, 1.54) is 0 Å². The summed E-state index contributed by atoms with van der Waals surface area (Å²) in [5.41, 5.74) is 0. The smallest absolute Gasteiger partial charge is 0.334 e. The largest absolute Gasteiger partial charge is 0.481 e. The van der Waals surface area contributed by atoms with Crippen molar-refractivity contribution in [2.75, 3.05) is 6.54 Å². The molecule has 2 aliphatic rings. The van der Waals surface area contributed by atoms with Crippen LogP contribution in [0.25, 0.3) is 0 Å². The first-order valence-corrected chi connectivity index (χ1v) is 6.66. The zero-order valence-electron chi connectivity index (χ0n) is 11.8. The maximum atomic E-state index is 12.1. The molecule has 0 radical (unpaired) electrons. The van der Waals surface area contributed by atoms with Crippen molar-refractivity contribution in [1.29, 1.82) is 0 Å². The van der Waals surface area contributed by atoms with E-state index in [9.17, 15) is 19.2 Å². The van der Waals surface area contributed by atoms with E-state index < -0.39 is 30.2 Å². The fourth-order valence-electron chi connectivity index (χ4n) is 2.11. The van der Waals surface area contributed by atoms with Crippen LogP contribution in [0.4, 0.5) is 4.79 Å². The van der Waals surface area contributed by atoms with E-state index >= 15 is 0 Å². The molecule has 0 atom stereocenters. The summed E-state index contributed by atoms with van der Waals surface area (Å²) in [5.74, 6) is -2.83. The standard InChI is InChI=1S/C12H12N4O6.ClH/c17-9(18)3-7-13-8(22-14-7)5-16-11(20)10(19)15(12(16)21)4-6-1-2-6;/h6H,1-5H2,(H,17,18);1H. The Morgan fingerprint density at radius 3 is 2.48 bits per heavy atom. The lowest BCUT2D eigenvalue weighted by molar-refractivity contribution is -0.143. The molecule has 1 aliphatic carbocycles. The van der Waals surface area contributed by atoms with Gasteiger partial charge in [0.1, 0.15) is 13.0 Å². The maximum Gasteiger partial charge on any atom is 0.334 e. The summed E-state index contributed by atoms with van der Waals surface area (Å²) in [4.78, 5) is 51.7. The molecule has 11 heteroatoms. The van der Waals surface area contributed by atoms with Gasteiger partial charge in [0.25, 0.3) is 0 Å². The number of imide groups is 2. The number of aromatic nitrogens is 2. The maximum absolute atomic E-state index is 12.1. The predicted octanol–water partition coefficient (Wildman–Crippen LogP) is -0.181. The van der Waals surface area contributed by atoms with E-state index in [1.807, 2.05) is 0 Å². The van der Waals surface area contributed by atoms with Crippen LogP contribution in [-0.2, 0) is 27.3 Å². The number of hydrogen-bond acceptors (Lipinski definition) is 7. The van der Waals surface area contributed by atoms with Crippen LogP contribution in [0.3, 0.4) is 0 Å². The summed E-state index contributed by atoms with van der Waals surface area (Å²) < 4.78 is 4.79. The second-order valence-electron chi connectivity index (χ2n) is 5.21. The number of carboxylic acid groups (broad SMARTS) is 1. The molecule has 1 saturated carbocycles. The summed E-state index contributed by atoms with van der Waals surface area (Å²) in [5, 5.41) is 12.0. The number of halogens is 1. The van der Waals surface area contributed by atoms with Gasteiger partial charge in [-0.25, -0.2) is 9.69 Å². The van der Waals surface area contributed by atoms with Gasteiger partial charge in [-0.1, -0.05) is 5.16 Å². The number of carboxylic acids is 1. The van der Waals surface area contributed by atoms with E-state index in [0.717, 1.165) is 22.6 Å². The lowest BCUT2D eigenvalue weighted by Gasteiger charge is -2.13. The van der Waals surface area contributed by atoms with Gasteiger partial charge in [-0.15, -0.1) is 12.4 Å². The van der Waals surface area contributed by atoms with Gasteiger partial charge in [0, 0.05) is 6.54 Å². The predicted molar refractivity (Wildman–Crippen MR) is 73.3 cm³/mol. The highest BCUT2D eigenvalue weighted by Gasteiger charge is 2.46. The molecular weight excluding hydrogens is 332 g/mol. The van der Waals surface area contributed by atoms with E-state index in [4.69, 9.17) is 9.63 Å². The zero-order valence-corrected chi connectivity index (χ0v) is 12.6. The molecule has 0 bridgehead atoms. The first-order valence-electron chi connectivity index (χ1n) is 6.66. The van der Waals surface area contributed by atoms with Crippen LogP contribution >= 0.6 is 12.4 Å². The van der Waals surface area contributed by atoms with Gasteiger partial charge in [0.05, 0.1) is 0 Å². The van der Waals surface area contributed by atoms with Crippen molar-refractivity contribution in [2.24, 2.45) is 5.92 Å². The number of aliphatic carboxylic acids is 1. The Balaban J connectivity index is 0.00000192. The topological polar surface area (TPSA) is 134 Å². The first kappa shape index (κ1) is 16.9. The van der Waals surface area contributed by atoms with Crippen LogP contribution in [0.2, 0.25) is 0 Å². The molecule has 0 spiro atoms. The summed E-state index contributed by atoms with van der Waals surface area (Å²) in [7, 11) is 0. The normalized spacial score (nSPS) is 17.7. The van der Waals surface area contributed by atoms with Gasteiger partial charge >= 0.3 is 23.8 Å². The van der Waals surface area contributed by atoms with Crippen molar-refractivity contribution in [2.45, 2.75) is 25.8 Å². The molecular formula is C12H13ClN4O6. The molecule has 23 heavy (non-hydrogen) atoms. The zero-order chi connectivity index (χ0) is 15.9. The second-order valence-corrected chi connectivity index (χ2v) is 5.21. The number of hydrogen-bond donors (Lipinski definition) is 1. The number of nitrogens with zero attached hydrogens (tertiary/aromatic N) is 4. The van der Waals surface area contributed by atoms with Crippen LogP contribution in [0.15, 0.2) is 4.52 Å². The molecule has 0 unspecified atom stereocenters. The van der Waals surface area contributed by atoms with Crippen LogP contribution in [-0.4, -0.2) is 55.4 Å². The quantitative estimate of drug-likeness (QED) is 0.554. The highest BCUT2D eigenvalue weighted by atomic mass is 35.5. The van der Waals surface area contributed by atoms with Crippen molar-refractivity contribution in [3.63, 3.8) is 0 Å². The Morgan fingerprint density at radius 2 is 1.87 bits per heavy atom. The number of carbonyl (C=O) groups is 4. The monoisotopic (exact) mass is 344 g/mol.